The van der Waals surface area contributed by atoms with Gasteiger partial charge < -0.3 is 5.11 Å². The molecule has 3 nitrogen and oxygen atoms in total. The molecule has 0 unspecified atom stereocenters. The number of rotatable bonds is 1. The molecule has 0 radical (unpaired) electrons. The Kier molecular flexibility index (Phi) is 2.15. The minimum Gasteiger partial charge on any atom is -0.382 e. The van der Waals surface area contributed by atoms with Gasteiger partial charge in [-0.2, -0.15) is 0 Å². The monoisotopic (exact) mass is 242 g/mol. The molecule has 0 spiro atoms. The summed E-state index contributed by atoms with van der Waals surface area (Å²) >= 11 is 3.35. The average Bonchev–Trinajstić information content (AvgIpc) is 2.03. The fourth-order valence-corrected chi connectivity index (χ4v) is 1.83. The van der Waals surface area contributed by atoms with E-state index in [4.69, 9.17) is 5.84 Å². The zero-order valence-corrected chi connectivity index (χ0v) is 8.66. The molecule has 1 heterocycles. The molecule has 1 aliphatic heterocycles. The van der Waals surface area contributed by atoms with Crippen molar-refractivity contribution < 1.29 is 5.11 Å². The van der Waals surface area contributed by atoms with Crippen LogP contribution in [0.25, 0.3) is 0 Å². The molecule has 0 amide bonds. The first-order valence-electron chi connectivity index (χ1n) is 4.08. The minimum absolute atomic E-state index is 0.509. The molecule has 1 aromatic rings. The van der Waals surface area contributed by atoms with Crippen LogP contribution in [0.1, 0.15) is 5.56 Å². The van der Waals surface area contributed by atoms with E-state index in [1.165, 1.54) is 0 Å². The Bertz CT molecular complexity index is 306. The molecule has 1 aromatic carbocycles. The maximum atomic E-state index is 10.0. The number of hydrazine groups is 1. The maximum Gasteiger partial charge on any atom is 0.118 e. The summed E-state index contributed by atoms with van der Waals surface area (Å²) in [5.41, 5.74) is 0.188. The van der Waals surface area contributed by atoms with Crippen LogP contribution in [0.2, 0.25) is 0 Å². The number of hydrogen-bond acceptors (Lipinski definition) is 3. The highest BCUT2D eigenvalue weighted by Crippen LogP contribution is 2.30. The number of nitrogens with two attached hydrogens (primary N) is 1. The van der Waals surface area contributed by atoms with Gasteiger partial charge in [0.25, 0.3) is 0 Å². The lowest BCUT2D eigenvalue weighted by molar-refractivity contribution is -0.105. The fraction of sp³-hybridized carbons (Fsp3) is 0.333. The predicted molar refractivity (Wildman–Crippen MR) is 53.8 cm³/mol. The molecule has 0 bridgehead atoms. The van der Waals surface area contributed by atoms with Crippen molar-refractivity contribution in [3.63, 3.8) is 0 Å². The van der Waals surface area contributed by atoms with E-state index in [1.54, 1.807) is 5.01 Å². The van der Waals surface area contributed by atoms with E-state index >= 15 is 0 Å². The fourth-order valence-electron chi connectivity index (χ4n) is 1.57. The molecular weight excluding hydrogens is 232 g/mol. The summed E-state index contributed by atoms with van der Waals surface area (Å²) < 4.78 is 1.02. The van der Waals surface area contributed by atoms with Crippen molar-refractivity contribution in [1.82, 2.24) is 5.01 Å². The molecule has 4 heteroatoms. The first-order valence-corrected chi connectivity index (χ1v) is 4.87. The second-order valence-corrected chi connectivity index (χ2v) is 4.36. The van der Waals surface area contributed by atoms with E-state index in [9.17, 15) is 5.11 Å². The van der Waals surface area contributed by atoms with E-state index in [0.29, 0.717) is 13.1 Å². The first kappa shape index (κ1) is 9.15. The Labute approximate surface area is 85.3 Å². The van der Waals surface area contributed by atoms with Crippen LogP contribution < -0.4 is 5.84 Å². The molecule has 70 valence electrons. The Morgan fingerprint density at radius 3 is 2.31 bits per heavy atom. The standard InChI is InChI=1S/C9H11BrN2O/c10-8-3-1-7(2-4-8)9(13)5-12(11)6-9/h1-4,13H,5-6,11H2. The van der Waals surface area contributed by atoms with Gasteiger partial charge in [0.05, 0.1) is 0 Å². The van der Waals surface area contributed by atoms with E-state index in [1.807, 2.05) is 24.3 Å². The van der Waals surface area contributed by atoms with Crippen LogP contribution in [0.15, 0.2) is 28.7 Å². The van der Waals surface area contributed by atoms with Crippen LogP contribution in [-0.2, 0) is 5.60 Å². The minimum atomic E-state index is -0.741. The highest BCUT2D eigenvalue weighted by atomic mass is 79.9. The van der Waals surface area contributed by atoms with E-state index in [-0.39, 0.29) is 0 Å². The molecule has 1 fully saturated rings. The molecular formula is C9H11BrN2O. The van der Waals surface area contributed by atoms with E-state index in [0.717, 1.165) is 10.0 Å². The van der Waals surface area contributed by atoms with Crippen molar-refractivity contribution in [2.24, 2.45) is 5.84 Å². The van der Waals surface area contributed by atoms with Crippen molar-refractivity contribution in [1.29, 1.82) is 0 Å². The second-order valence-electron chi connectivity index (χ2n) is 3.44. The zero-order chi connectivity index (χ0) is 9.47. The molecule has 2 rings (SSSR count). The topological polar surface area (TPSA) is 49.5 Å². The van der Waals surface area contributed by atoms with E-state index in [2.05, 4.69) is 15.9 Å². The lowest BCUT2D eigenvalue weighted by Crippen LogP contribution is -2.62. The third-order valence-corrected chi connectivity index (χ3v) is 2.84. The van der Waals surface area contributed by atoms with Gasteiger partial charge in [0.15, 0.2) is 0 Å². The third-order valence-electron chi connectivity index (χ3n) is 2.31. The van der Waals surface area contributed by atoms with Crippen molar-refractivity contribution in [3.05, 3.63) is 34.3 Å². The summed E-state index contributed by atoms with van der Waals surface area (Å²) in [4.78, 5) is 0. The van der Waals surface area contributed by atoms with Gasteiger partial charge in [-0.25, -0.2) is 5.01 Å². The second kappa shape index (κ2) is 3.06. The van der Waals surface area contributed by atoms with Gasteiger partial charge in [0, 0.05) is 17.6 Å². The summed E-state index contributed by atoms with van der Waals surface area (Å²) in [5.74, 6) is 5.49. The third kappa shape index (κ3) is 1.62. The van der Waals surface area contributed by atoms with Gasteiger partial charge in [0.2, 0.25) is 0 Å². The number of aliphatic hydroxyl groups is 1. The highest BCUT2D eigenvalue weighted by molar-refractivity contribution is 9.10. The average molecular weight is 243 g/mol. The van der Waals surface area contributed by atoms with Gasteiger partial charge in [-0.1, -0.05) is 28.1 Å². The van der Waals surface area contributed by atoms with Gasteiger partial charge in [0.1, 0.15) is 5.60 Å². The molecule has 3 N–H and O–H groups in total. The summed E-state index contributed by atoms with van der Waals surface area (Å²) in [6.07, 6.45) is 0. The van der Waals surface area contributed by atoms with Crippen molar-refractivity contribution in [2.45, 2.75) is 5.60 Å². The number of halogens is 1. The van der Waals surface area contributed by atoms with Crippen LogP contribution in [0, 0.1) is 0 Å². The SMILES string of the molecule is NN1CC(O)(c2ccc(Br)cc2)C1. The van der Waals surface area contributed by atoms with Gasteiger partial charge >= 0.3 is 0 Å². The molecule has 1 aliphatic rings. The summed E-state index contributed by atoms with van der Waals surface area (Å²) in [6.45, 7) is 1.02. The van der Waals surface area contributed by atoms with Gasteiger partial charge in [-0.15, -0.1) is 0 Å². The van der Waals surface area contributed by atoms with Crippen LogP contribution in [0.5, 0.6) is 0 Å². The van der Waals surface area contributed by atoms with Gasteiger partial charge in [-0.05, 0) is 17.7 Å². The molecule has 0 aromatic heterocycles. The number of hydrogen-bond donors (Lipinski definition) is 2. The van der Waals surface area contributed by atoms with Crippen molar-refractivity contribution >= 4 is 15.9 Å². The Morgan fingerprint density at radius 1 is 1.31 bits per heavy atom. The quantitative estimate of drug-likeness (QED) is 0.718. The van der Waals surface area contributed by atoms with Crippen LogP contribution in [0.3, 0.4) is 0 Å². The zero-order valence-electron chi connectivity index (χ0n) is 7.07. The van der Waals surface area contributed by atoms with Crippen LogP contribution in [-0.4, -0.2) is 23.2 Å². The number of benzene rings is 1. The van der Waals surface area contributed by atoms with Crippen molar-refractivity contribution in [3.8, 4) is 0 Å². The number of β-amino-alcohol motifs (C(OH)–C–C–N with tert-alkyl or cyclic N) is 1. The Morgan fingerprint density at radius 2 is 1.85 bits per heavy atom. The summed E-state index contributed by atoms with van der Waals surface area (Å²) in [6, 6.07) is 7.67. The first-order chi connectivity index (χ1) is 6.10. The molecule has 0 aliphatic carbocycles. The predicted octanol–water partition coefficient (Wildman–Crippen LogP) is 0.826. The normalized spacial score (nSPS) is 21.2. The maximum absolute atomic E-state index is 10.0. The molecule has 0 atom stereocenters. The lowest BCUT2D eigenvalue weighted by Gasteiger charge is -2.44. The summed E-state index contributed by atoms with van der Waals surface area (Å²) in [7, 11) is 0. The van der Waals surface area contributed by atoms with Crippen molar-refractivity contribution in [2.75, 3.05) is 13.1 Å². The lowest BCUT2D eigenvalue weighted by atomic mass is 9.88. The number of nitrogens with zero attached hydrogens (tertiary/aromatic N) is 1. The highest BCUT2D eigenvalue weighted by Gasteiger charge is 2.41. The smallest absolute Gasteiger partial charge is 0.118 e. The molecule has 13 heavy (non-hydrogen) atoms. The summed E-state index contributed by atoms with van der Waals surface area (Å²) in [5, 5.41) is 11.6. The van der Waals surface area contributed by atoms with Crippen LogP contribution >= 0.6 is 15.9 Å². The largest absolute Gasteiger partial charge is 0.382 e. The Hall–Kier alpha value is -0.420. The molecule has 1 saturated heterocycles. The van der Waals surface area contributed by atoms with Gasteiger partial charge in [-0.3, -0.25) is 5.84 Å². The Balaban J connectivity index is 2.22. The van der Waals surface area contributed by atoms with Crippen LogP contribution in [0.4, 0.5) is 0 Å². The van der Waals surface area contributed by atoms with E-state index < -0.39 is 5.60 Å². The molecule has 0 saturated carbocycles.